The zero-order chi connectivity index (χ0) is 57.4. The first kappa shape index (κ1) is 64.4. The van der Waals surface area contributed by atoms with Gasteiger partial charge in [0.25, 0.3) is 0 Å². The fourth-order valence-corrected chi connectivity index (χ4v) is 8.38. The fraction of sp³-hybridized carbons (Fsp3) is 0.571. The molecule has 21 nitrogen and oxygen atoms in total. The number of rotatable bonds is 28. The van der Waals surface area contributed by atoms with E-state index in [0.29, 0.717) is 11.1 Å². The Labute approximate surface area is 452 Å². The Morgan fingerprint density at radius 1 is 0.727 bits per heavy atom. The molecule has 0 aromatic heterocycles. The van der Waals surface area contributed by atoms with Crippen LogP contribution in [0.15, 0.2) is 72.8 Å². The molecule has 2 aromatic rings. The molecule has 0 saturated carbocycles. The maximum atomic E-state index is 13.9. The third-order valence-corrected chi connectivity index (χ3v) is 13.1. The number of amides is 7. The van der Waals surface area contributed by atoms with E-state index in [9.17, 15) is 63.9 Å². The van der Waals surface area contributed by atoms with Gasteiger partial charge in [0.05, 0.1) is 49.8 Å². The Morgan fingerprint density at radius 2 is 1.29 bits per heavy atom. The van der Waals surface area contributed by atoms with Gasteiger partial charge in [-0.25, -0.2) is 4.79 Å². The van der Waals surface area contributed by atoms with E-state index in [1.165, 1.54) is 42.3 Å². The minimum Gasteiger partial charge on any atom is -0.508 e. The predicted molar refractivity (Wildman–Crippen MR) is 287 cm³/mol. The van der Waals surface area contributed by atoms with Crippen LogP contribution in [0.3, 0.4) is 0 Å². The topological polar surface area (TPSA) is 322 Å². The number of phenolic OH excluding ortho intramolecular Hbond substituents is 2. The van der Waals surface area contributed by atoms with Crippen molar-refractivity contribution >= 4 is 47.3 Å². The number of carbonyl (C=O) groups is 8. The third-order valence-electron chi connectivity index (χ3n) is 13.1. The summed E-state index contributed by atoms with van der Waals surface area (Å²) in [4.78, 5) is 109. The van der Waals surface area contributed by atoms with Gasteiger partial charge >= 0.3 is 5.97 Å². The Hall–Kier alpha value is -6.84. The maximum Gasteiger partial charge on any atom is 0.329 e. The van der Waals surface area contributed by atoms with Crippen LogP contribution >= 0.6 is 0 Å². The van der Waals surface area contributed by atoms with Crippen LogP contribution in [-0.2, 0) is 55.9 Å². The number of likely N-dealkylation sites (N-methyl/N-ethyl adjacent to an activating group) is 1. The molecule has 0 fully saturated rings. The number of esters is 1. The second-order valence-corrected chi connectivity index (χ2v) is 20.7. The van der Waals surface area contributed by atoms with Crippen molar-refractivity contribution in [3.8, 4) is 11.5 Å². The molecule has 2 aromatic carbocycles. The molecule has 1 heterocycles. The van der Waals surface area contributed by atoms with Crippen LogP contribution in [0.25, 0.3) is 0 Å². The quantitative estimate of drug-likeness (QED) is 0.0331. The van der Waals surface area contributed by atoms with Crippen LogP contribution in [0.2, 0.25) is 0 Å². The Balaban J connectivity index is 1.68. The number of ether oxygens (including phenoxy) is 1. The van der Waals surface area contributed by atoms with Crippen molar-refractivity contribution in [2.75, 3.05) is 20.3 Å². The zero-order valence-electron chi connectivity index (χ0n) is 45.7. The smallest absolute Gasteiger partial charge is 0.329 e. The lowest BCUT2D eigenvalue weighted by molar-refractivity contribution is -0.156. The number of aromatic hydroxyl groups is 2. The number of allylic oxidation sites excluding steroid dienone is 1. The molecule has 0 unspecified atom stereocenters. The maximum absolute atomic E-state index is 13.9. The number of aliphatic hydroxyl groups is 3. The van der Waals surface area contributed by atoms with Gasteiger partial charge in [0.15, 0.2) is 0 Å². The van der Waals surface area contributed by atoms with Crippen LogP contribution in [0.4, 0.5) is 0 Å². The van der Waals surface area contributed by atoms with Crippen LogP contribution in [0.1, 0.15) is 111 Å². The van der Waals surface area contributed by atoms with E-state index in [1.54, 1.807) is 71.9 Å². The molecule has 9 atom stereocenters. The summed E-state index contributed by atoms with van der Waals surface area (Å²) in [6.07, 6.45) is 7.05. The van der Waals surface area contributed by atoms with Gasteiger partial charge in [-0.1, -0.05) is 110 Å². The van der Waals surface area contributed by atoms with Crippen LogP contribution < -0.4 is 31.9 Å². The molecule has 0 bridgehead atoms. The van der Waals surface area contributed by atoms with Gasteiger partial charge in [-0.3, -0.25) is 33.6 Å². The minimum absolute atomic E-state index is 0.00151. The molecule has 1 aliphatic rings. The van der Waals surface area contributed by atoms with Crippen molar-refractivity contribution in [3.63, 3.8) is 0 Å². The number of phenols is 2. The predicted octanol–water partition coefficient (Wildman–Crippen LogP) is 2.11. The summed E-state index contributed by atoms with van der Waals surface area (Å²) in [5.74, 6) is -7.04. The van der Waals surface area contributed by atoms with Crippen molar-refractivity contribution in [2.45, 2.75) is 167 Å². The lowest BCUT2D eigenvalue weighted by Crippen LogP contribution is -2.57. The van der Waals surface area contributed by atoms with Crippen molar-refractivity contribution in [2.24, 2.45) is 17.8 Å². The van der Waals surface area contributed by atoms with Gasteiger partial charge in [0.2, 0.25) is 41.4 Å². The van der Waals surface area contributed by atoms with Gasteiger partial charge in [0, 0.05) is 26.0 Å². The molecule has 1 aliphatic heterocycles. The number of aliphatic hydroxyl groups excluding tert-OH is 3. The van der Waals surface area contributed by atoms with E-state index < -0.39 is 140 Å². The SMILES string of the molecule is CCCCCC/C=C\CC(=O)N[C@@H](Cc1ccc(O)cc1)[C@@H](O)CC(=O)N[C@H](C(=O)N[C@@H](CO)[C@@H](O)CC(=O)N[C@H](C(=O)N[C@@H]1C=CC(=O)N[C@@H](C(C)C)C(=O)N(C)[C@@H](Cc2ccc(O)cc2)C(=O)OC1)C(C)C)C(C)C. The lowest BCUT2D eigenvalue weighted by Gasteiger charge is -2.32. The summed E-state index contributed by atoms with van der Waals surface area (Å²) in [6, 6.07) is 4.03. The first-order valence-electron chi connectivity index (χ1n) is 26.5. The van der Waals surface area contributed by atoms with Crippen molar-refractivity contribution in [1.82, 2.24) is 36.8 Å². The number of carbonyl (C=O) groups excluding carboxylic acids is 8. The summed E-state index contributed by atoms with van der Waals surface area (Å²) in [6.45, 7) is 10.8. The number of hydrogen-bond acceptors (Lipinski definition) is 14. The highest BCUT2D eigenvalue weighted by Gasteiger charge is 2.37. The van der Waals surface area contributed by atoms with Gasteiger partial charge in [-0.2, -0.15) is 0 Å². The summed E-state index contributed by atoms with van der Waals surface area (Å²) in [5.41, 5.74) is 1.27. The van der Waals surface area contributed by atoms with Crippen LogP contribution in [0.5, 0.6) is 11.5 Å². The summed E-state index contributed by atoms with van der Waals surface area (Å²) >= 11 is 0. The highest BCUT2D eigenvalue weighted by atomic mass is 16.5. The first-order valence-corrected chi connectivity index (χ1v) is 26.5. The van der Waals surface area contributed by atoms with E-state index in [4.69, 9.17) is 4.74 Å². The molecule has 0 spiro atoms. The number of cyclic esters (lactones) is 1. The second-order valence-electron chi connectivity index (χ2n) is 20.7. The molecule has 0 aliphatic carbocycles. The molecule has 21 heteroatoms. The number of nitrogens with one attached hydrogen (secondary N) is 6. The van der Waals surface area contributed by atoms with E-state index in [0.717, 1.165) is 38.2 Å². The molecule has 3 rings (SSSR count). The van der Waals surface area contributed by atoms with Crippen molar-refractivity contribution in [1.29, 1.82) is 0 Å². The third kappa shape index (κ3) is 22.3. The molecule has 7 amide bonds. The van der Waals surface area contributed by atoms with Gasteiger partial charge in [-0.05, 0) is 72.4 Å². The van der Waals surface area contributed by atoms with Gasteiger partial charge < -0.3 is 67.1 Å². The Bertz CT molecular complexity index is 2310. The lowest BCUT2D eigenvalue weighted by atomic mass is 9.97. The van der Waals surface area contributed by atoms with Crippen molar-refractivity contribution < 1.29 is 68.6 Å². The summed E-state index contributed by atoms with van der Waals surface area (Å²) in [5, 5.41) is 68.2. The summed E-state index contributed by atoms with van der Waals surface area (Å²) < 4.78 is 5.65. The highest BCUT2D eigenvalue weighted by Crippen LogP contribution is 2.19. The first-order chi connectivity index (χ1) is 36.4. The Morgan fingerprint density at radius 3 is 1.83 bits per heavy atom. The zero-order valence-corrected chi connectivity index (χ0v) is 45.7. The normalized spacial score (nSPS) is 18.8. The standard InChI is InChI=1S/C56H83N7O14/c1-9-10-11-12-13-14-15-16-46(69)58-41(27-36-17-22-39(65)23-18-36)44(67)29-48(71)62-51(34(4)5)54(74)59-42(31-64)45(68)30-49(72)61-50(33(2)3)53(73)57-38-21-26-47(70)60-52(35(6)7)55(75)63(8)43(56(76)77-32-38)28-37-19-24-40(66)25-20-37/h14-15,17-26,33-35,38,41-45,50-52,64-68H,9-13,16,27-32H2,1-8H3,(H,57,73)(H,58,69)(H,59,74)(H,60,70)(H,61,72)(H,62,71)/b15-14-,26-21?/t38-,41+,42+,43+,44+,45+,50+,51+,52+/m1/s1. The Kier molecular flexibility index (Phi) is 27.3. The van der Waals surface area contributed by atoms with Gasteiger partial charge in [0.1, 0.15) is 42.3 Å². The van der Waals surface area contributed by atoms with Crippen molar-refractivity contribution in [3.05, 3.63) is 84.0 Å². The average molecular weight is 1080 g/mol. The van der Waals surface area contributed by atoms with Crippen LogP contribution in [-0.4, -0.2) is 153 Å². The number of benzene rings is 2. The molecule has 0 saturated heterocycles. The van der Waals surface area contributed by atoms with E-state index in [2.05, 4.69) is 38.8 Å². The summed E-state index contributed by atoms with van der Waals surface area (Å²) in [7, 11) is 1.41. The molecule has 11 N–H and O–H groups in total. The molecule has 0 radical (unpaired) electrons. The monoisotopic (exact) mass is 1080 g/mol. The van der Waals surface area contributed by atoms with Gasteiger partial charge in [-0.15, -0.1) is 0 Å². The minimum atomic E-state index is -1.70. The average Bonchev–Trinajstić information content (AvgIpc) is 3.37. The second kappa shape index (κ2) is 32.7. The molecule has 426 valence electrons. The molecular weight excluding hydrogens is 995 g/mol. The fourth-order valence-electron chi connectivity index (χ4n) is 8.38. The van der Waals surface area contributed by atoms with E-state index in [-0.39, 0.29) is 36.7 Å². The molecular formula is C56H83N7O14. The van der Waals surface area contributed by atoms with Crippen LogP contribution in [0, 0.1) is 17.8 Å². The number of hydrogen-bond donors (Lipinski definition) is 11. The number of nitrogens with zero attached hydrogens (tertiary/aromatic N) is 1. The molecule has 77 heavy (non-hydrogen) atoms. The largest absolute Gasteiger partial charge is 0.508 e. The highest BCUT2D eigenvalue weighted by molar-refractivity contribution is 5.95. The van der Waals surface area contributed by atoms with E-state index in [1.807, 2.05) is 6.08 Å². The van der Waals surface area contributed by atoms with E-state index >= 15 is 0 Å². The number of unbranched alkanes of at least 4 members (excludes halogenated alkanes) is 4.